The Hall–Kier alpha value is -2.44. The number of nitrogens with zero attached hydrogens (tertiary/aromatic N) is 4. The molecule has 7 heteroatoms. The van der Waals surface area contributed by atoms with Crippen LogP contribution >= 0.6 is 0 Å². The van der Waals surface area contributed by atoms with Gasteiger partial charge in [0.15, 0.2) is 5.82 Å². The number of anilines is 1. The van der Waals surface area contributed by atoms with Gasteiger partial charge in [0.1, 0.15) is 17.8 Å². The van der Waals surface area contributed by atoms with Crippen LogP contribution in [0.15, 0.2) is 24.5 Å². The third kappa shape index (κ3) is 3.51. The summed E-state index contributed by atoms with van der Waals surface area (Å²) in [5, 5.41) is 9.87. The van der Waals surface area contributed by atoms with Gasteiger partial charge in [0, 0.05) is 13.6 Å². The maximum atomic E-state index is 11.9. The molecule has 0 aliphatic heterocycles. The number of rotatable bonds is 5. The zero-order chi connectivity index (χ0) is 13.7. The van der Waals surface area contributed by atoms with Gasteiger partial charge in [-0.05, 0) is 19.1 Å². The quantitative estimate of drug-likeness (QED) is 0.821. The van der Waals surface area contributed by atoms with E-state index in [-0.39, 0.29) is 12.5 Å². The first-order valence-corrected chi connectivity index (χ1v) is 6.02. The highest BCUT2D eigenvalue weighted by Crippen LogP contribution is 2.04. The van der Waals surface area contributed by atoms with Crippen LogP contribution in [0.4, 0.5) is 5.82 Å². The lowest BCUT2D eigenvalue weighted by atomic mass is 10.3. The summed E-state index contributed by atoms with van der Waals surface area (Å²) >= 11 is 0. The standard InChI is InChI=1S/C12H16N6O/c1-3-13-10-6-4-5-9(16-10)12(19)14-7-11-15-8-18(2)17-11/h4-6,8H,3,7H2,1-2H3,(H,13,16)(H,14,19). The average molecular weight is 260 g/mol. The molecule has 0 spiro atoms. The molecule has 0 fully saturated rings. The minimum Gasteiger partial charge on any atom is -0.370 e. The molecule has 2 aromatic rings. The van der Waals surface area contributed by atoms with E-state index < -0.39 is 0 Å². The largest absolute Gasteiger partial charge is 0.370 e. The molecule has 0 bridgehead atoms. The number of carbonyl (C=O) groups excluding carboxylic acids is 1. The number of pyridine rings is 1. The third-order valence-electron chi connectivity index (χ3n) is 2.39. The van der Waals surface area contributed by atoms with E-state index in [1.54, 1.807) is 30.2 Å². The van der Waals surface area contributed by atoms with Crippen LogP contribution in [0.25, 0.3) is 0 Å². The lowest BCUT2D eigenvalue weighted by Gasteiger charge is -2.05. The first kappa shape index (κ1) is 13.0. The van der Waals surface area contributed by atoms with Gasteiger partial charge in [-0.2, -0.15) is 5.10 Å². The van der Waals surface area contributed by atoms with Crippen LogP contribution in [0.5, 0.6) is 0 Å². The molecule has 100 valence electrons. The number of aromatic nitrogens is 4. The van der Waals surface area contributed by atoms with E-state index in [9.17, 15) is 4.79 Å². The molecule has 0 aromatic carbocycles. The normalized spacial score (nSPS) is 10.2. The van der Waals surface area contributed by atoms with E-state index in [0.717, 1.165) is 6.54 Å². The molecule has 0 aliphatic rings. The summed E-state index contributed by atoms with van der Waals surface area (Å²) in [4.78, 5) is 20.2. The summed E-state index contributed by atoms with van der Waals surface area (Å²) in [6.07, 6.45) is 1.59. The molecule has 19 heavy (non-hydrogen) atoms. The first-order chi connectivity index (χ1) is 9.19. The smallest absolute Gasteiger partial charge is 0.270 e. The van der Waals surface area contributed by atoms with Gasteiger partial charge in [0.25, 0.3) is 5.91 Å². The molecule has 7 nitrogen and oxygen atoms in total. The second-order valence-electron chi connectivity index (χ2n) is 3.96. The summed E-state index contributed by atoms with van der Waals surface area (Å²) in [6, 6.07) is 5.28. The number of nitrogens with one attached hydrogen (secondary N) is 2. The first-order valence-electron chi connectivity index (χ1n) is 6.02. The van der Waals surface area contributed by atoms with Crippen LogP contribution in [0.3, 0.4) is 0 Å². The van der Waals surface area contributed by atoms with Gasteiger partial charge < -0.3 is 10.6 Å². The van der Waals surface area contributed by atoms with Crippen molar-refractivity contribution in [3.05, 3.63) is 36.0 Å². The number of aryl methyl sites for hydroxylation is 1. The summed E-state index contributed by atoms with van der Waals surface area (Å²) in [7, 11) is 1.78. The van der Waals surface area contributed by atoms with Crippen LogP contribution in [0.1, 0.15) is 23.2 Å². The highest BCUT2D eigenvalue weighted by atomic mass is 16.1. The summed E-state index contributed by atoms with van der Waals surface area (Å²) < 4.78 is 1.59. The Morgan fingerprint density at radius 2 is 2.26 bits per heavy atom. The summed E-state index contributed by atoms with van der Waals surface area (Å²) in [5.41, 5.74) is 0.370. The Balaban J connectivity index is 1.97. The van der Waals surface area contributed by atoms with Crippen molar-refractivity contribution < 1.29 is 4.79 Å². The van der Waals surface area contributed by atoms with E-state index >= 15 is 0 Å². The molecular weight excluding hydrogens is 244 g/mol. The Morgan fingerprint density at radius 3 is 2.95 bits per heavy atom. The predicted molar refractivity (Wildman–Crippen MR) is 70.6 cm³/mol. The monoisotopic (exact) mass is 260 g/mol. The lowest BCUT2D eigenvalue weighted by molar-refractivity contribution is 0.0945. The summed E-state index contributed by atoms with van der Waals surface area (Å²) in [5.74, 6) is 1.01. The molecule has 2 heterocycles. The second-order valence-corrected chi connectivity index (χ2v) is 3.96. The minimum absolute atomic E-state index is 0.243. The van der Waals surface area contributed by atoms with E-state index in [1.807, 2.05) is 13.0 Å². The van der Waals surface area contributed by atoms with Crippen molar-refractivity contribution in [3.63, 3.8) is 0 Å². The maximum absolute atomic E-state index is 11.9. The van der Waals surface area contributed by atoms with Crippen molar-refractivity contribution in [3.8, 4) is 0 Å². The van der Waals surface area contributed by atoms with Crippen LogP contribution in [0.2, 0.25) is 0 Å². The predicted octanol–water partition coefficient (Wildman–Crippen LogP) is 0.572. The molecule has 2 N–H and O–H groups in total. The topological polar surface area (TPSA) is 84.7 Å². The summed E-state index contributed by atoms with van der Waals surface area (Å²) in [6.45, 7) is 3.02. The molecular formula is C12H16N6O. The number of hydrogen-bond donors (Lipinski definition) is 2. The molecule has 0 atom stereocenters. The minimum atomic E-state index is -0.243. The average Bonchev–Trinajstić information content (AvgIpc) is 2.82. The van der Waals surface area contributed by atoms with Crippen LogP contribution in [0, 0.1) is 0 Å². The fourth-order valence-corrected chi connectivity index (χ4v) is 1.56. The second kappa shape index (κ2) is 5.94. The SMILES string of the molecule is CCNc1cccc(C(=O)NCc2ncn(C)n2)n1. The van der Waals surface area contributed by atoms with E-state index in [1.165, 1.54) is 0 Å². The molecule has 0 unspecified atom stereocenters. The van der Waals surface area contributed by atoms with Gasteiger partial charge >= 0.3 is 0 Å². The van der Waals surface area contributed by atoms with Crippen molar-refractivity contribution in [2.45, 2.75) is 13.5 Å². The van der Waals surface area contributed by atoms with Gasteiger partial charge in [-0.3, -0.25) is 9.48 Å². The molecule has 0 radical (unpaired) electrons. The van der Waals surface area contributed by atoms with Gasteiger partial charge in [-0.1, -0.05) is 6.07 Å². The number of hydrogen-bond acceptors (Lipinski definition) is 5. The Bertz CT molecular complexity index is 565. The van der Waals surface area contributed by atoms with Crippen molar-refractivity contribution >= 4 is 11.7 Å². The molecule has 0 saturated heterocycles. The van der Waals surface area contributed by atoms with Crippen LogP contribution in [-0.4, -0.2) is 32.2 Å². The fraction of sp³-hybridized carbons (Fsp3) is 0.333. The Labute approximate surface area is 111 Å². The maximum Gasteiger partial charge on any atom is 0.270 e. The molecule has 1 amide bonds. The van der Waals surface area contributed by atoms with Gasteiger partial charge in [-0.25, -0.2) is 9.97 Å². The zero-order valence-corrected chi connectivity index (χ0v) is 10.9. The van der Waals surface area contributed by atoms with E-state index in [4.69, 9.17) is 0 Å². The number of carbonyl (C=O) groups is 1. The molecule has 0 aliphatic carbocycles. The van der Waals surface area contributed by atoms with Gasteiger partial charge in [0.05, 0.1) is 6.54 Å². The van der Waals surface area contributed by atoms with Crippen molar-refractivity contribution in [2.24, 2.45) is 7.05 Å². The molecule has 0 saturated carbocycles. The highest BCUT2D eigenvalue weighted by Gasteiger charge is 2.08. The van der Waals surface area contributed by atoms with Crippen molar-refractivity contribution in [2.75, 3.05) is 11.9 Å². The Kier molecular flexibility index (Phi) is 4.07. The Morgan fingerprint density at radius 1 is 1.42 bits per heavy atom. The lowest BCUT2D eigenvalue weighted by Crippen LogP contribution is -2.24. The van der Waals surface area contributed by atoms with Crippen molar-refractivity contribution in [1.82, 2.24) is 25.1 Å². The zero-order valence-electron chi connectivity index (χ0n) is 10.9. The fourth-order valence-electron chi connectivity index (χ4n) is 1.56. The molecule has 2 rings (SSSR count). The van der Waals surface area contributed by atoms with E-state index in [0.29, 0.717) is 17.3 Å². The van der Waals surface area contributed by atoms with Crippen LogP contribution < -0.4 is 10.6 Å². The third-order valence-corrected chi connectivity index (χ3v) is 2.39. The van der Waals surface area contributed by atoms with Crippen molar-refractivity contribution in [1.29, 1.82) is 0 Å². The van der Waals surface area contributed by atoms with Gasteiger partial charge in [0.2, 0.25) is 0 Å². The van der Waals surface area contributed by atoms with E-state index in [2.05, 4.69) is 25.7 Å². The number of amides is 1. The van der Waals surface area contributed by atoms with Gasteiger partial charge in [-0.15, -0.1) is 0 Å². The van der Waals surface area contributed by atoms with Crippen LogP contribution in [-0.2, 0) is 13.6 Å². The highest BCUT2D eigenvalue weighted by molar-refractivity contribution is 5.92. The molecule has 2 aromatic heterocycles.